The first-order valence-electron chi connectivity index (χ1n) is 6.21. The molecule has 0 amide bonds. The summed E-state index contributed by atoms with van der Waals surface area (Å²) in [6, 6.07) is 0. The second kappa shape index (κ2) is 7.20. The van der Waals surface area contributed by atoms with Gasteiger partial charge in [-0.05, 0) is 25.7 Å². The van der Waals surface area contributed by atoms with Crippen LogP contribution in [0.25, 0.3) is 0 Å². The van der Waals surface area contributed by atoms with E-state index in [1.807, 2.05) is 6.92 Å². The number of rotatable bonds is 6. The Labute approximate surface area is 93.3 Å². The highest BCUT2D eigenvalue weighted by Crippen LogP contribution is 2.26. The van der Waals surface area contributed by atoms with Crippen LogP contribution in [0.1, 0.15) is 39.5 Å². The zero-order valence-corrected chi connectivity index (χ0v) is 10.1. The van der Waals surface area contributed by atoms with Crippen molar-refractivity contribution >= 4 is 0 Å². The fourth-order valence-electron chi connectivity index (χ4n) is 2.18. The van der Waals surface area contributed by atoms with E-state index in [0.717, 1.165) is 0 Å². The molecular formula is C12H25NO2. The van der Waals surface area contributed by atoms with Crippen LogP contribution < -0.4 is 5.73 Å². The lowest BCUT2D eigenvalue weighted by molar-refractivity contribution is -0.0633. The molecule has 0 aromatic carbocycles. The highest BCUT2D eigenvalue weighted by molar-refractivity contribution is 4.73. The van der Waals surface area contributed by atoms with Crippen molar-refractivity contribution in [2.24, 2.45) is 11.7 Å². The molecule has 1 aliphatic rings. The third-order valence-electron chi connectivity index (χ3n) is 3.19. The summed E-state index contributed by atoms with van der Waals surface area (Å²) in [6.45, 7) is 6.19. The third kappa shape index (κ3) is 4.49. The zero-order valence-electron chi connectivity index (χ0n) is 10.1. The third-order valence-corrected chi connectivity index (χ3v) is 3.19. The van der Waals surface area contributed by atoms with E-state index >= 15 is 0 Å². The number of hydrogen-bond donors (Lipinski definition) is 1. The molecule has 0 heterocycles. The fourth-order valence-corrected chi connectivity index (χ4v) is 2.18. The van der Waals surface area contributed by atoms with Crippen molar-refractivity contribution in [2.45, 2.75) is 51.7 Å². The molecule has 3 nitrogen and oxygen atoms in total. The van der Waals surface area contributed by atoms with Gasteiger partial charge in [-0.15, -0.1) is 0 Å². The maximum Gasteiger partial charge on any atom is 0.0930 e. The van der Waals surface area contributed by atoms with Crippen molar-refractivity contribution in [3.8, 4) is 0 Å². The van der Waals surface area contributed by atoms with E-state index in [-0.39, 0.29) is 6.10 Å². The molecule has 3 atom stereocenters. The van der Waals surface area contributed by atoms with Gasteiger partial charge in [-0.25, -0.2) is 0 Å². The number of ether oxygens (including phenoxy) is 2. The van der Waals surface area contributed by atoms with Crippen LogP contribution >= 0.6 is 0 Å². The van der Waals surface area contributed by atoms with E-state index in [4.69, 9.17) is 15.2 Å². The summed E-state index contributed by atoms with van der Waals surface area (Å²) in [5, 5.41) is 0. The maximum atomic E-state index is 5.90. The Morgan fingerprint density at radius 2 is 2.07 bits per heavy atom. The maximum absolute atomic E-state index is 5.90. The Kier molecular flexibility index (Phi) is 6.22. The molecule has 0 spiro atoms. The predicted octanol–water partition coefficient (Wildman–Crippen LogP) is 1.95. The van der Waals surface area contributed by atoms with Crippen LogP contribution in [0.3, 0.4) is 0 Å². The smallest absolute Gasteiger partial charge is 0.0930 e. The lowest BCUT2D eigenvalue weighted by atomic mass is 9.88. The van der Waals surface area contributed by atoms with Crippen molar-refractivity contribution < 1.29 is 9.47 Å². The molecule has 0 aromatic heterocycles. The van der Waals surface area contributed by atoms with Crippen LogP contribution in [0.15, 0.2) is 0 Å². The zero-order chi connectivity index (χ0) is 11.1. The van der Waals surface area contributed by atoms with Gasteiger partial charge in [0, 0.05) is 13.2 Å². The topological polar surface area (TPSA) is 44.5 Å². The molecule has 1 fully saturated rings. The molecule has 0 aromatic rings. The van der Waals surface area contributed by atoms with E-state index in [0.29, 0.717) is 31.8 Å². The summed E-state index contributed by atoms with van der Waals surface area (Å²) in [6.07, 6.45) is 5.65. The van der Waals surface area contributed by atoms with Crippen molar-refractivity contribution in [1.29, 1.82) is 0 Å². The lowest BCUT2D eigenvalue weighted by Gasteiger charge is -2.30. The first kappa shape index (κ1) is 12.9. The summed E-state index contributed by atoms with van der Waals surface area (Å²) < 4.78 is 11.4. The molecule has 0 aliphatic heterocycles. The molecule has 90 valence electrons. The molecule has 1 saturated carbocycles. The largest absolute Gasteiger partial charge is 0.375 e. The number of nitrogens with two attached hydrogens (primary N) is 1. The van der Waals surface area contributed by atoms with Gasteiger partial charge in [0.1, 0.15) is 0 Å². The van der Waals surface area contributed by atoms with Gasteiger partial charge in [0.05, 0.1) is 18.8 Å². The summed E-state index contributed by atoms with van der Waals surface area (Å²) in [7, 11) is 0. The molecule has 3 unspecified atom stereocenters. The van der Waals surface area contributed by atoms with E-state index in [1.54, 1.807) is 0 Å². The van der Waals surface area contributed by atoms with Crippen LogP contribution in [-0.4, -0.2) is 32.0 Å². The van der Waals surface area contributed by atoms with Gasteiger partial charge < -0.3 is 15.2 Å². The van der Waals surface area contributed by atoms with Crippen LogP contribution in [0.2, 0.25) is 0 Å². The normalized spacial score (nSPS) is 29.0. The summed E-state index contributed by atoms with van der Waals surface area (Å²) >= 11 is 0. The van der Waals surface area contributed by atoms with Crippen LogP contribution in [0, 0.1) is 5.92 Å². The van der Waals surface area contributed by atoms with Crippen molar-refractivity contribution in [2.75, 3.05) is 19.8 Å². The summed E-state index contributed by atoms with van der Waals surface area (Å²) in [4.78, 5) is 0. The minimum atomic E-state index is 0.0733. The molecule has 3 heteroatoms. The minimum absolute atomic E-state index is 0.0733. The average molecular weight is 215 g/mol. The van der Waals surface area contributed by atoms with E-state index in [2.05, 4.69) is 6.92 Å². The summed E-state index contributed by atoms with van der Waals surface area (Å²) in [5.41, 5.74) is 5.60. The van der Waals surface area contributed by atoms with Gasteiger partial charge in [0.2, 0.25) is 0 Å². The molecular weight excluding hydrogens is 190 g/mol. The number of hydrogen-bond acceptors (Lipinski definition) is 3. The molecule has 0 radical (unpaired) electrons. The Morgan fingerprint density at radius 3 is 2.67 bits per heavy atom. The van der Waals surface area contributed by atoms with Gasteiger partial charge in [-0.3, -0.25) is 0 Å². The van der Waals surface area contributed by atoms with Gasteiger partial charge in [0.25, 0.3) is 0 Å². The Hall–Kier alpha value is -0.120. The van der Waals surface area contributed by atoms with Gasteiger partial charge in [0.15, 0.2) is 0 Å². The first-order valence-corrected chi connectivity index (χ1v) is 6.21. The molecule has 1 aliphatic carbocycles. The molecule has 2 N–H and O–H groups in total. The fraction of sp³-hybridized carbons (Fsp3) is 1.00. The van der Waals surface area contributed by atoms with Gasteiger partial charge >= 0.3 is 0 Å². The summed E-state index contributed by atoms with van der Waals surface area (Å²) in [5.74, 6) is 0.693. The Bertz CT molecular complexity index is 164. The standard InChI is InChI=1S/C12H25NO2/c1-3-14-11(8-13)9-15-12-7-5-4-6-10(12)2/h10-12H,3-9,13H2,1-2H3. The van der Waals surface area contributed by atoms with E-state index < -0.39 is 0 Å². The van der Waals surface area contributed by atoms with Crippen molar-refractivity contribution in [3.05, 3.63) is 0 Å². The predicted molar refractivity (Wildman–Crippen MR) is 61.8 cm³/mol. The molecule has 0 bridgehead atoms. The first-order chi connectivity index (χ1) is 7.27. The molecule has 1 rings (SSSR count). The quantitative estimate of drug-likeness (QED) is 0.736. The van der Waals surface area contributed by atoms with Gasteiger partial charge in [-0.2, -0.15) is 0 Å². The van der Waals surface area contributed by atoms with E-state index in [9.17, 15) is 0 Å². The highest BCUT2D eigenvalue weighted by atomic mass is 16.5. The second-order valence-electron chi connectivity index (χ2n) is 4.45. The molecule has 0 saturated heterocycles. The Morgan fingerprint density at radius 1 is 1.33 bits per heavy atom. The van der Waals surface area contributed by atoms with Crippen molar-refractivity contribution in [3.63, 3.8) is 0 Å². The highest BCUT2D eigenvalue weighted by Gasteiger charge is 2.22. The Balaban J connectivity index is 2.21. The SMILES string of the molecule is CCOC(CN)COC1CCCCC1C. The average Bonchev–Trinajstić information content (AvgIpc) is 2.26. The van der Waals surface area contributed by atoms with Crippen LogP contribution in [0.4, 0.5) is 0 Å². The van der Waals surface area contributed by atoms with Gasteiger partial charge in [-0.1, -0.05) is 19.8 Å². The van der Waals surface area contributed by atoms with E-state index in [1.165, 1.54) is 25.7 Å². The monoisotopic (exact) mass is 215 g/mol. The second-order valence-corrected chi connectivity index (χ2v) is 4.45. The lowest BCUT2D eigenvalue weighted by Crippen LogP contribution is -2.34. The minimum Gasteiger partial charge on any atom is -0.375 e. The van der Waals surface area contributed by atoms with Crippen LogP contribution in [0.5, 0.6) is 0 Å². The molecule has 15 heavy (non-hydrogen) atoms. The van der Waals surface area contributed by atoms with Crippen molar-refractivity contribution in [1.82, 2.24) is 0 Å². The van der Waals surface area contributed by atoms with Crippen LogP contribution in [-0.2, 0) is 9.47 Å².